The lowest BCUT2D eigenvalue weighted by molar-refractivity contribution is -0.150. The number of likely N-dealkylation sites (tertiary alicyclic amines) is 1. The lowest BCUT2D eigenvalue weighted by Crippen LogP contribution is -2.49. The molecule has 1 saturated heterocycles. The summed E-state index contributed by atoms with van der Waals surface area (Å²) >= 11 is 1.60. The summed E-state index contributed by atoms with van der Waals surface area (Å²) in [6, 6.07) is -0.117. The van der Waals surface area contributed by atoms with E-state index in [1.54, 1.807) is 23.6 Å². The molecule has 106 valence electrons. The van der Waals surface area contributed by atoms with Gasteiger partial charge in [-0.3, -0.25) is 4.79 Å². The van der Waals surface area contributed by atoms with E-state index < -0.39 is 11.4 Å². The van der Waals surface area contributed by atoms with E-state index in [0.29, 0.717) is 38.2 Å². The number of carbonyl (C=O) groups is 2. The van der Waals surface area contributed by atoms with Crippen molar-refractivity contribution in [3.8, 4) is 12.3 Å². The molecule has 0 aromatic heterocycles. The largest absolute Gasteiger partial charge is 0.481 e. The molecule has 0 saturated carbocycles. The Labute approximate surface area is 118 Å². The average Bonchev–Trinajstić information content (AvgIpc) is 2.39. The second kappa shape index (κ2) is 7.29. The predicted molar refractivity (Wildman–Crippen MR) is 76.1 cm³/mol. The summed E-state index contributed by atoms with van der Waals surface area (Å²) < 4.78 is 0. The summed E-state index contributed by atoms with van der Waals surface area (Å²) in [5.74, 6) is 3.18. The van der Waals surface area contributed by atoms with Crippen molar-refractivity contribution in [2.24, 2.45) is 5.41 Å². The highest BCUT2D eigenvalue weighted by Gasteiger charge is 2.37. The smallest absolute Gasteiger partial charge is 0.317 e. The highest BCUT2D eigenvalue weighted by molar-refractivity contribution is 7.99. The van der Waals surface area contributed by atoms with Gasteiger partial charge in [-0.1, -0.05) is 5.92 Å². The summed E-state index contributed by atoms with van der Waals surface area (Å²) in [7, 11) is 0. The molecule has 0 spiro atoms. The van der Waals surface area contributed by atoms with E-state index in [1.807, 2.05) is 0 Å². The number of piperidine rings is 1. The van der Waals surface area contributed by atoms with Crippen LogP contribution in [0.25, 0.3) is 0 Å². The molecule has 2 N–H and O–H groups in total. The standard InChI is InChI=1S/C13H20N2O3S/c1-3-9-19-10-6-14-12(18)15-7-4-13(2,5-8-15)11(16)17/h1H,4-10H2,2H3,(H,14,18)(H,16,17). The van der Waals surface area contributed by atoms with E-state index in [2.05, 4.69) is 11.2 Å². The molecule has 19 heavy (non-hydrogen) atoms. The maximum Gasteiger partial charge on any atom is 0.317 e. The molecule has 0 atom stereocenters. The van der Waals surface area contributed by atoms with Gasteiger partial charge in [0.05, 0.1) is 11.2 Å². The lowest BCUT2D eigenvalue weighted by atomic mass is 9.80. The minimum absolute atomic E-state index is 0.117. The zero-order valence-electron chi connectivity index (χ0n) is 11.1. The first-order chi connectivity index (χ1) is 8.99. The summed E-state index contributed by atoms with van der Waals surface area (Å²) in [6.07, 6.45) is 6.13. The van der Waals surface area contributed by atoms with Gasteiger partial charge in [0.15, 0.2) is 0 Å². The fourth-order valence-electron chi connectivity index (χ4n) is 1.89. The van der Waals surface area contributed by atoms with Gasteiger partial charge in [0.25, 0.3) is 0 Å². The second-order valence-corrected chi connectivity index (χ2v) is 5.95. The Kier molecular flexibility index (Phi) is 6.03. The van der Waals surface area contributed by atoms with E-state index in [9.17, 15) is 9.59 Å². The van der Waals surface area contributed by atoms with Crippen LogP contribution in [0.15, 0.2) is 0 Å². The summed E-state index contributed by atoms with van der Waals surface area (Å²) in [5.41, 5.74) is -0.695. The molecule has 2 amide bonds. The number of terminal acetylenes is 1. The molecule has 1 fully saturated rings. The number of aliphatic carboxylic acids is 1. The van der Waals surface area contributed by atoms with Crippen LogP contribution in [0.5, 0.6) is 0 Å². The fourth-order valence-corrected chi connectivity index (χ4v) is 2.40. The number of amides is 2. The quantitative estimate of drug-likeness (QED) is 0.589. The van der Waals surface area contributed by atoms with Crippen molar-refractivity contribution < 1.29 is 14.7 Å². The normalized spacial score (nSPS) is 17.6. The average molecular weight is 284 g/mol. The van der Waals surface area contributed by atoms with Crippen molar-refractivity contribution in [3.05, 3.63) is 0 Å². The first-order valence-electron chi connectivity index (χ1n) is 6.27. The number of urea groups is 1. The van der Waals surface area contributed by atoms with Crippen molar-refractivity contribution in [2.45, 2.75) is 19.8 Å². The lowest BCUT2D eigenvalue weighted by Gasteiger charge is -2.36. The third kappa shape index (κ3) is 4.67. The molecule has 0 aromatic carbocycles. The van der Waals surface area contributed by atoms with Gasteiger partial charge >= 0.3 is 12.0 Å². The van der Waals surface area contributed by atoms with Crippen LogP contribution in [0.1, 0.15) is 19.8 Å². The molecule has 1 aliphatic rings. The van der Waals surface area contributed by atoms with Crippen molar-refractivity contribution in [3.63, 3.8) is 0 Å². The van der Waals surface area contributed by atoms with Crippen molar-refractivity contribution in [2.75, 3.05) is 31.1 Å². The molecule has 0 bridgehead atoms. The van der Waals surface area contributed by atoms with Gasteiger partial charge in [-0.2, -0.15) is 0 Å². The SMILES string of the molecule is C#CCSCCNC(=O)N1CCC(C)(C(=O)O)CC1. The summed E-state index contributed by atoms with van der Waals surface area (Å²) in [6.45, 7) is 3.30. The van der Waals surface area contributed by atoms with Crippen LogP contribution in [0, 0.1) is 17.8 Å². The van der Waals surface area contributed by atoms with Gasteiger partial charge in [0.1, 0.15) is 0 Å². The highest BCUT2D eigenvalue weighted by Crippen LogP contribution is 2.30. The molecular weight excluding hydrogens is 264 g/mol. The topological polar surface area (TPSA) is 69.6 Å². The van der Waals surface area contributed by atoms with Gasteiger partial charge in [0, 0.05) is 25.4 Å². The van der Waals surface area contributed by atoms with Gasteiger partial charge < -0.3 is 15.3 Å². The highest BCUT2D eigenvalue weighted by atomic mass is 32.2. The van der Waals surface area contributed by atoms with E-state index in [4.69, 9.17) is 11.5 Å². The maximum atomic E-state index is 11.8. The predicted octanol–water partition coefficient (Wildman–Crippen LogP) is 1.25. The monoisotopic (exact) mass is 284 g/mol. The zero-order chi connectivity index (χ0) is 14.3. The second-order valence-electron chi connectivity index (χ2n) is 4.84. The van der Waals surface area contributed by atoms with E-state index in [-0.39, 0.29) is 6.03 Å². The Morgan fingerprint density at radius 3 is 2.63 bits per heavy atom. The number of carboxylic acids is 1. The molecule has 0 aromatic rings. The van der Waals surface area contributed by atoms with Crippen LogP contribution < -0.4 is 5.32 Å². The van der Waals surface area contributed by atoms with Crippen LogP contribution in [-0.4, -0.2) is 53.1 Å². The Bertz CT molecular complexity index is 371. The third-order valence-corrected chi connectivity index (χ3v) is 4.24. The first-order valence-corrected chi connectivity index (χ1v) is 7.42. The van der Waals surface area contributed by atoms with Crippen LogP contribution in [0.2, 0.25) is 0 Å². The molecule has 1 rings (SSSR count). The summed E-state index contributed by atoms with van der Waals surface area (Å²) in [4.78, 5) is 24.6. The number of hydrogen-bond donors (Lipinski definition) is 2. The molecule has 1 heterocycles. The van der Waals surface area contributed by atoms with Crippen molar-refractivity contribution in [1.29, 1.82) is 0 Å². The van der Waals surface area contributed by atoms with Gasteiger partial charge in [-0.25, -0.2) is 4.79 Å². The Morgan fingerprint density at radius 2 is 2.11 bits per heavy atom. The van der Waals surface area contributed by atoms with Crippen LogP contribution in [-0.2, 0) is 4.79 Å². The zero-order valence-corrected chi connectivity index (χ0v) is 12.0. The summed E-state index contributed by atoms with van der Waals surface area (Å²) in [5, 5.41) is 11.9. The third-order valence-electron chi connectivity index (χ3n) is 3.38. The molecule has 0 radical (unpaired) electrons. The number of nitrogens with one attached hydrogen (secondary N) is 1. The number of nitrogens with zero attached hydrogens (tertiary/aromatic N) is 1. The minimum atomic E-state index is -0.779. The molecule has 5 nitrogen and oxygen atoms in total. The van der Waals surface area contributed by atoms with E-state index >= 15 is 0 Å². The van der Waals surface area contributed by atoms with Crippen LogP contribution >= 0.6 is 11.8 Å². The number of thioether (sulfide) groups is 1. The van der Waals surface area contributed by atoms with Crippen molar-refractivity contribution in [1.82, 2.24) is 10.2 Å². The minimum Gasteiger partial charge on any atom is -0.481 e. The van der Waals surface area contributed by atoms with Gasteiger partial charge in [0.2, 0.25) is 0 Å². The Morgan fingerprint density at radius 1 is 1.47 bits per heavy atom. The number of carbonyl (C=O) groups excluding carboxylic acids is 1. The molecule has 0 unspecified atom stereocenters. The molecular formula is C13H20N2O3S. The number of hydrogen-bond acceptors (Lipinski definition) is 3. The van der Waals surface area contributed by atoms with Crippen LogP contribution in [0.4, 0.5) is 4.79 Å². The maximum absolute atomic E-state index is 11.8. The Hall–Kier alpha value is -1.35. The number of rotatable bonds is 5. The fraction of sp³-hybridized carbons (Fsp3) is 0.692. The van der Waals surface area contributed by atoms with Crippen molar-refractivity contribution >= 4 is 23.8 Å². The van der Waals surface area contributed by atoms with Gasteiger partial charge in [-0.15, -0.1) is 18.2 Å². The Balaban J connectivity index is 2.26. The van der Waals surface area contributed by atoms with E-state index in [0.717, 1.165) is 5.75 Å². The number of carboxylic acid groups (broad SMARTS) is 1. The van der Waals surface area contributed by atoms with Crippen LogP contribution in [0.3, 0.4) is 0 Å². The molecule has 0 aliphatic carbocycles. The van der Waals surface area contributed by atoms with Gasteiger partial charge in [-0.05, 0) is 19.8 Å². The molecule has 1 aliphatic heterocycles. The van der Waals surface area contributed by atoms with E-state index in [1.165, 1.54) is 0 Å². The molecule has 6 heteroatoms. The first kappa shape index (κ1) is 15.7.